The number of rotatable bonds is 7. The average Bonchev–Trinajstić information content (AvgIpc) is 3.07. The fourth-order valence-corrected chi connectivity index (χ4v) is 4.25. The highest BCUT2D eigenvalue weighted by atomic mass is 32.2. The minimum atomic E-state index is -4.87. The Morgan fingerprint density at radius 2 is 1.56 bits per heavy atom. The van der Waals surface area contributed by atoms with Gasteiger partial charge in [0.15, 0.2) is 5.82 Å². The lowest BCUT2D eigenvalue weighted by atomic mass is 10.2. The van der Waals surface area contributed by atoms with Crippen molar-refractivity contribution in [2.45, 2.75) is 32.0 Å². The first-order chi connectivity index (χ1) is 16.9. The summed E-state index contributed by atoms with van der Waals surface area (Å²) in [4.78, 5) is 8.11. The summed E-state index contributed by atoms with van der Waals surface area (Å²) in [6.07, 6.45) is -3.52. The van der Waals surface area contributed by atoms with Gasteiger partial charge in [-0.05, 0) is 74.9 Å². The molecular formula is C23H20F3N5O4S. The first kappa shape index (κ1) is 25.0. The number of nitrogens with one attached hydrogen (secondary N) is 1. The predicted molar refractivity (Wildman–Crippen MR) is 124 cm³/mol. The van der Waals surface area contributed by atoms with Gasteiger partial charge in [-0.2, -0.15) is 5.10 Å². The summed E-state index contributed by atoms with van der Waals surface area (Å²) in [5, 5.41) is 4.47. The number of benzene rings is 2. The Kier molecular flexibility index (Phi) is 6.59. The van der Waals surface area contributed by atoms with Crippen molar-refractivity contribution in [3.8, 4) is 23.2 Å². The number of alkyl halides is 3. The van der Waals surface area contributed by atoms with Gasteiger partial charge in [0.05, 0.1) is 10.6 Å². The van der Waals surface area contributed by atoms with Crippen molar-refractivity contribution in [3.63, 3.8) is 0 Å². The molecule has 0 radical (unpaired) electrons. The van der Waals surface area contributed by atoms with Crippen LogP contribution < -0.4 is 14.2 Å². The lowest BCUT2D eigenvalue weighted by Crippen LogP contribution is -2.17. The Morgan fingerprint density at radius 3 is 2.14 bits per heavy atom. The zero-order chi connectivity index (χ0) is 26.1. The topological polar surface area (TPSA) is 108 Å². The summed E-state index contributed by atoms with van der Waals surface area (Å²) in [6.45, 7) is 5.81. The van der Waals surface area contributed by atoms with E-state index >= 15 is 0 Å². The van der Waals surface area contributed by atoms with E-state index in [1.54, 1.807) is 10.7 Å². The van der Waals surface area contributed by atoms with E-state index in [4.69, 9.17) is 4.74 Å². The quantitative estimate of drug-likeness (QED) is 0.363. The van der Waals surface area contributed by atoms with Crippen molar-refractivity contribution in [3.05, 3.63) is 77.9 Å². The molecule has 13 heteroatoms. The molecule has 36 heavy (non-hydrogen) atoms. The molecule has 2 heterocycles. The summed E-state index contributed by atoms with van der Waals surface area (Å²) in [5.74, 6) is 0.661. The standard InChI is InChI=1S/C23H20F3N5O4S/c1-14-15(2)29-31(16(14)3)21-12-22(28-13-27-21)34-18-6-4-17(5-7-18)30-36(32,33)20-10-8-19(9-11-20)35-23(24,25)26/h4-13,30H,1-3H3. The summed E-state index contributed by atoms with van der Waals surface area (Å²) in [5.41, 5.74) is 3.10. The maximum atomic E-state index is 12.6. The van der Waals surface area contributed by atoms with Crippen molar-refractivity contribution in [1.29, 1.82) is 0 Å². The molecular weight excluding hydrogens is 499 g/mol. The summed E-state index contributed by atoms with van der Waals surface area (Å²) in [7, 11) is -4.05. The van der Waals surface area contributed by atoms with Crippen molar-refractivity contribution >= 4 is 15.7 Å². The zero-order valence-corrected chi connectivity index (χ0v) is 20.1. The van der Waals surface area contributed by atoms with Gasteiger partial charge < -0.3 is 9.47 Å². The number of anilines is 1. The number of nitrogens with zero attached hydrogens (tertiary/aromatic N) is 4. The third kappa shape index (κ3) is 5.74. The number of aromatic nitrogens is 4. The molecule has 4 aromatic rings. The fraction of sp³-hybridized carbons (Fsp3) is 0.174. The first-order valence-corrected chi connectivity index (χ1v) is 11.9. The molecule has 9 nitrogen and oxygen atoms in total. The molecule has 0 aliphatic carbocycles. The Labute approximate surface area is 204 Å². The molecule has 2 aromatic heterocycles. The number of aryl methyl sites for hydroxylation is 1. The molecule has 2 aromatic carbocycles. The second-order valence-electron chi connectivity index (χ2n) is 7.67. The van der Waals surface area contributed by atoms with Crippen LogP contribution in [0.15, 0.2) is 65.8 Å². The molecule has 0 amide bonds. The third-order valence-electron chi connectivity index (χ3n) is 5.19. The van der Waals surface area contributed by atoms with E-state index in [0.717, 1.165) is 41.2 Å². The van der Waals surface area contributed by atoms with Gasteiger partial charge in [0.25, 0.3) is 10.0 Å². The van der Waals surface area contributed by atoms with Crippen molar-refractivity contribution < 1.29 is 31.1 Å². The molecule has 0 atom stereocenters. The van der Waals surface area contributed by atoms with E-state index < -0.39 is 22.1 Å². The molecule has 0 fully saturated rings. The minimum absolute atomic E-state index is 0.222. The van der Waals surface area contributed by atoms with E-state index in [-0.39, 0.29) is 16.5 Å². The molecule has 0 spiro atoms. The highest BCUT2D eigenvalue weighted by molar-refractivity contribution is 7.92. The first-order valence-electron chi connectivity index (χ1n) is 10.4. The number of sulfonamides is 1. The van der Waals surface area contributed by atoms with Gasteiger partial charge in [-0.3, -0.25) is 4.72 Å². The van der Waals surface area contributed by atoms with Crippen LogP contribution in [-0.4, -0.2) is 34.5 Å². The van der Waals surface area contributed by atoms with Crippen LogP contribution in [0.5, 0.6) is 17.4 Å². The number of hydrogen-bond donors (Lipinski definition) is 1. The third-order valence-corrected chi connectivity index (χ3v) is 6.59. The van der Waals surface area contributed by atoms with Gasteiger partial charge >= 0.3 is 6.36 Å². The Morgan fingerprint density at radius 1 is 0.917 bits per heavy atom. The molecule has 1 N–H and O–H groups in total. The van der Waals surface area contributed by atoms with Crippen molar-refractivity contribution in [2.75, 3.05) is 4.72 Å². The van der Waals surface area contributed by atoms with Crippen LogP contribution in [0.3, 0.4) is 0 Å². The van der Waals surface area contributed by atoms with Gasteiger partial charge in [0.1, 0.15) is 17.8 Å². The van der Waals surface area contributed by atoms with Crippen LogP contribution in [0, 0.1) is 20.8 Å². The molecule has 0 bridgehead atoms. The molecule has 0 saturated heterocycles. The maximum Gasteiger partial charge on any atom is 0.573 e. The van der Waals surface area contributed by atoms with E-state index in [9.17, 15) is 21.6 Å². The highest BCUT2D eigenvalue weighted by Gasteiger charge is 2.31. The summed E-state index contributed by atoms with van der Waals surface area (Å²) in [6, 6.07) is 11.5. The zero-order valence-electron chi connectivity index (χ0n) is 19.2. The number of halogens is 3. The Balaban J connectivity index is 1.45. The average molecular weight is 520 g/mol. The smallest absolute Gasteiger partial charge is 0.439 e. The second kappa shape index (κ2) is 9.49. The van der Waals surface area contributed by atoms with Gasteiger partial charge in [-0.25, -0.2) is 23.1 Å². The minimum Gasteiger partial charge on any atom is -0.439 e. The summed E-state index contributed by atoms with van der Waals surface area (Å²) < 4.78 is 75.6. The van der Waals surface area contributed by atoms with E-state index in [1.165, 1.54) is 30.6 Å². The largest absolute Gasteiger partial charge is 0.573 e. The van der Waals surface area contributed by atoms with Crippen LogP contribution in [-0.2, 0) is 10.0 Å². The van der Waals surface area contributed by atoms with Crippen LogP contribution in [0.2, 0.25) is 0 Å². The van der Waals surface area contributed by atoms with Crippen LogP contribution in [0.25, 0.3) is 5.82 Å². The van der Waals surface area contributed by atoms with Crippen LogP contribution in [0.1, 0.15) is 17.0 Å². The highest BCUT2D eigenvalue weighted by Crippen LogP contribution is 2.27. The monoisotopic (exact) mass is 519 g/mol. The van der Waals surface area contributed by atoms with E-state index in [1.807, 2.05) is 20.8 Å². The normalized spacial score (nSPS) is 11.8. The van der Waals surface area contributed by atoms with E-state index in [2.05, 4.69) is 24.5 Å². The summed E-state index contributed by atoms with van der Waals surface area (Å²) >= 11 is 0. The molecule has 4 rings (SSSR count). The Hall–Kier alpha value is -4.13. The molecule has 0 saturated carbocycles. The van der Waals surface area contributed by atoms with Crippen molar-refractivity contribution in [2.24, 2.45) is 0 Å². The lowest BCUT2D eigenvalue weighted by molar-refractivity contribution is -0.274. The fourth-order valence-electron chi connectivity index (χ4n) is 3.19. The Bertz CT molecular complexity index is 1490. The van der Waals surface area contributed by atoms with Gasteiger partial charge in [-0.15, -0.1) is 13.2 Å². The van der Waals surface area contributed by atoms with E-state index in [0.29, 0.717) is 11.6 Å². The van der Waals surface area contributed by atoms with Gasteiger partial charge in [-0.1, -0.05) is 0 Å². The predicted octanol–water partition coefficient (Wildman–Crippen LogP) is 5.08. The van der Waals surface area contributed by atoms with Crippen LogP contribution in [0.4, 0.5) is 18.9 Å². The molecule has 0 aliphatic rings. The number of hydrogen-bond acceptors (Lipinski definition) is 7. The second-order valence-corrected chi connectivity index (χ2v) is 9.36. The van der Waals surface area contributed by atoms with Gasteiger partial charge in [0, 0.05) is 17.4 Å². The van der Waals surface area contributed by atoms with Crippen molar-refractivity contribution in [1.82, 2.24) is 19.7 Å². The molecule has 188 valence electrons. The number of ether oxygens (including phenoxy) is 2. The molecule has 0 unspecified atom stereocenters. The lowest BCUT2D eigenvalue weighted by Gasteiger charge is -2.11. The molecule has 0 aliphatic heterocycles. The van der Waals surface area contributed by atoms with Crippen LogP contribution >= 0.6 is 0 Å². The maximum absolute atomic E-state index is 12.6. The SMILES string of the molecule is Cc1nn(-c2cc(Oc3ccc(NS(=O)(=O)c4ccc(OC(F)(F)F)cc4)cc3)ncn2)c(C)c1C. The van der Waals surface area contributed by atoms with Gasteiger partial charge in [0.2, 0.25) is 5.88 Å².